The Bertz CT molecular complexity index is 527. The van der Waals surface area contributed by atoms with Crippen molar-refractivity contribution in [2.24, 2.45) is 0 Å². The van der Waals surface area contributed by atoms with E-state index in [2.05, 4.69) is 22.0 Å². The fraction of sp³-hybridized carbons (Fsp3) is 0.100. The summed E-state index contributed by atoms with van der Waals surface area (Å²) in [6, 6.07) is 6.04. The minimum Gasteiger partial charge on any atom is -0.198 e. The van der Waals surface area contributed by atoms with Gasteiger partial charge in [0.2, 0.25) is 0 Å². The van der Waals surface area contributed by atoms with Crippen LogP contribution in [-0.4, -0.2) is 0 Å². The quantitative estimate of drug-likeness (QED) is 0.763. The summed E-state index contributed by atoms with van der Waals surface area (Å²) in [6.07, 6.45) is 0.403. The smallest absolute Gasteiger partial charge is 0.0669 e. The molecular weight excluding hydrogens is 282 g/mol. The average molecular weight is 287 g/mol. The molecule has 4 heteroatoms. The summed E-state index contributed by atoms with van der Waals surface area (Å²) in [5, 5.41) is 12.3. The lowest BCUT2D eigenvalue weighted by atomic mass is 10.1. The van der Waals surface area contributed by atoms with E-state index in [1.807, 2.05) is 17.5 Å². The van der Waals surface area contributed by atoms with E-state index in [-0.39, 0.29) is 0 Å². The summed E-state index contributed by atoms with van der Waals surface area (Å²) in [7, 11) is 0. The predicted octanol–water partition coefficient (Wildman–Crippen LogP) is 4.38. The van der Waals surface area contributed by atoms with Crippen molar-refractivity contribution in [2.75, 3.05) is 0 Å². The van der Waals surface area contributed by atoms with Gasteiger partial charge >= 0.3 is 0 Å². The molecule has 1 aromatic carbocycles. The molecule has 0 spiro atoms. The van der Waals surface area contributed by atoms with Gasteiger partial charge in [0.25, 0.3) is 0 Å². The van der Waals surface area contributed by atoms with Gasteiger partial charge in [0.1, 0.15) is 0 Å². The van der Waals surface area contributed by atoms with E-state index in [9.17, 15) is 0 Å². The molecule has 1 nitrogen and oxygen atoms in total. The third-order valence-electron chi connectivity index (χ3n) is 1.98. The Morgan fingerprint density at radius 3 is 3.00 bits per heavy atom. The monoisotopic (exact) mass is 285 g/mol. The molecule has 2 aromatic rings. The van der Waals surface area contributed by atoms with Crippen LogP contribution in [0.5, 0.6) is 0 Å². The largest absolute Gasteiger partial charge is 0.198 e. The van der Waals surface area contributed by atoms with Gasteiger partial charge in [0.15, 0.2) is 0 Å². The normalized spacial score (nSPS) is 10.4. The van der Waals surface area contributed by atoms with E-state index in [1.54, 1.807) is 11.3 Å². The number of hydrogen-bond donors (Lipinski definition) is 0. The zero-order chi connectivity index (χ0) is 10.1. The van der Waals surface area contributed by atoms with Crippen LogP contribution in [0.4, 0.5) is 0 Å². The Kier molecular flexibility index (Phi) is 2.78. The molecule has 1 aromatic heterocycles. The first-order valence-electron chi connectivity index (χ1n) is 3.95. The van der Waals surface area contributed by atoms with Crippen LogP contribution in [0.1, 0.15) is 5.56 Å². The number of rotatable bonds is 1. The molecule has 2 rings (SSSR count). The lowest BCUT2D eigenvalue weighted by Crippen LogP contribution is -1.82. The van der Waals surface area contributed by atoms with Crippen molar-refractivity contribution in [3.8, 4) is 6.07 Å². The molecule has 0 aliphatic heterocycles. The first-order valence-corrected chi connectivity index (χ1v) is 6.00. The van der Waals surface area contributed by atoms with Crippen LogP contribution in [0.3, 0.4) is 0 Å². The molecule has 14 heavy (non-hydrogen) atoms. The summed E-state index contributed by atoms with van der Waals surface area (Å²) in [4.78, 5) is 0. The lowest BCUT2D eigenvalue weighted by molar-refractivity contribution is 1.29. The summed E-state index contributed by atoms with van der Waals surface area (Å²) in [5.74, 6) is 0. The molecule has 0 aliphatic rings. The van der Waals surface area contributed by atoms with Crippen LogP contribution in [0.2, 0.25) is 5.02 Å². The van der Waals surface area contributed by atoms with Gasteiger partial charge in [-0.25, -0.2) is 0 Å². The van der Waals surface area contributed by atoms with Crippen LogP contribution < -0.4 is 0 Å². The molecule has 0 aliphatic carbocycles. The van der Waals surface area contributed by atoms with Crippen molar-refractivity contribution in [2.45, 2.75) is 6.42 Å². The fourth-order valence-electron chi connectivity index (χ4n) is 1.38. The van der Waals surface area contributed by atoms with Gasteiger partial charge in [-0.05, 0) is 27.6 Å². The zero-order valence-electron chi connectivity index (χ0n) is 7.05. The van der Waals surface area contributed by atoms with Crippen molar-refractivity contribution in [3.63, 3.8) is 0 Å². The summed E-state index contributed by atoms with van der Waals surface area (Å²) >= 11 is 11.1. The average Bonchev–Trinajstić information content (AvgIpc) is 2.55. The Balaban J connectivity index is 2.80. The topological polar surface area (TPSA) is 23.8 Å². The van der Waals surface area contributed by atoms with Gasteiger partial charge in [-0.15, -0.1) is 11.3 Å². The van der Waals surface area contributed by atoms with Gasteiger partial charge in [-0.1, -0.05) is 17.7 Å². The van der Waals surface area contributed by atoms with Crippen LogP contribution in [0, 0.1) is 11.3 Å². The van der Waals surface area contributed by atoms with Crippen LogP contribution in [-0.2, 0) is 6.42 Å². The molecule has 0 N–H and O–H groups in total. The molecule has 70 valence electrons. The highest BCUT2D eigenvalue weighted by molar-refractivity contribution is 9.10. The molecule has 0 atom stereocenters. The number of nitrogens with zero attached hydrogens (tertiary/aromatic N) is 1. The van der Waals surface area contributed by atoms with Crippen molar-refractivity contribution < 1.29 is 0 Å². The molecule has 0 unspecified atom stereocenters. The molecule has 0 amide bonds. The number of hydrogen-bond acceptors (Lipinski definition) is 2. The molecule has 0 fully saturated rings. The van der Waals surface area contributed by atoms with Gasteiger partial charge in [0.05, 0.1) is 22.2 Å². The minimum atomic E-state index is 0.403. The fourth-order valence-corrected chi connectivity index (χ4v) is 3.27. The van der Waals surface area contributed by atoms with Gasteiger partial charge in [0, 0.05) is 15.2 Å². The first kappa shape index (κ1) is 9.97. The number of thiophene rings is 1. The maximum Gasteiger partial charge on any atom is 0.0669 e. The van der Waals surface area contributed by atoms with Crippen molar-refractivity contribution in [1.29, 1.82) is 5.26 Å². The second kappa shape index (κ2) is 3.90. The summed E-state index contributed by atoms with van der Waals surface area (Å²) in [5.41, 5.74) is 0.997. The highest BCUT2D eigenvalue weighted by Gasteiger charge is 2.09. The Hall–Kier alpha value is -0.560. The van der Waals surface area contributed by atoms with Crippen molar-refractivity contribution in [3.05, 3.63) is 32.6 Å². The number of halogens is 2. The van der Waals surface area contributed by atoms with Crippen LogP contribution >= 0.6 is 38.9 Å². The lowest BCUT2D eigenvalue weighted by Gasteiger charge is -2.00. The summed E-state index contributed by atoms with van der Waals surface area (Å²) < 4.78 is 2.15. The first-order chi connectivity index (χ1) is 6.74. The van der Waals surface area contributed by atoms with Crippen molar-refractivity contribution in [1.82, 2.24) is 0 Å². The number of benzene rings is 1. The second-order valence-corrected chi connectivity index (χ2v) is 4.97. The highest BCUT2D eigenvalue weighted by atomic mass is 79.9. The molecular formula is C10H5BrClNS. The molecule has 0 bridgehead atoms. The Morgan fingerprint density at radius 1 is 1.50 bits per heavy atom. The van der Waals surface area contributed by atoms with Crippen LogP contribution in [0.25, 0.3) is 10.1 Å². The third-order valence-corrected chi connectivity index (χ3v) is 4.35. The summed E-state index contributed by atoms with van der Waals surface area (Å²) in [6.45, 7) is 0. The zero-order valence-corrected chi connectivity index (χ0v) is 10.2. The number of fused-ring (bicyclic) bond motifs is 1. The van der Waals surface area contributed by atoms with Crippen molar-refractivity contribution >= 4 is 49.0 Å². The maximum absolute atomic E-state index is 8.68. The van der Waals surface area contributed by atoms with E-state index in [4.69, 9.17) is 16.9 Å². The third kappa shape index (κ3) is 1.54. The van der Waals surface area contributed by atoms with E-state index in [0.717, 1.165) is 25.1 Å². The van der Waals surface area contributed by atoms with Gasteiger partial charge in [-0.3, -0.25) is 0 Å². The van der Waals surface area contributed by atoms with Gasteiger partial charge < -0.3 is 0 Å². The van der Waals surface area contributed by atoms with E-state index in [1.165, 1.54) is 0 Å². The maximum atomic E-state index is 8.68. The Morgan fingerprint density at radius 2 is 2.29 bits per heavy atom. The standard InChI is InChI=1S/C10H5BrClNS/c11-7-2-1-6(3-4-13)9-8(12)5-14-10(7)9/h1-2,5H,3H2. The highest BCUT2D eigenvalue weighted by Crippen LogP contribution is 2.37. The Labute approximate surface area is 99.0 Å². The predicted molar refractivity (Wildman–Crippen MR) is 63.9 cm³/mol. The van der Waals surface area contributed by atoms with E-state index < -0.39 is 0 Å². The van der Waals surface area contributed by atoms with E-state index >= 15 is 0 Å². The number of nitriles is 1. The SMILES string of the molecule is N#CCc1ccc(Br)c2scc(Cl)c12. The van der Waals surface area contributed by atoms with E-state index in [0.29, 0.717) is 6.42 Å². The molecule has 0 radical (unpaired) electrons. The van der Waals surface area contributed by atoms with Crippen LogP contribution in [0.15, 0.2) is 22.0 Å². The molecule has 1 heterocycles. The molecule has 0 saturated heterocycles. The minimum absolute atomic E-state index is 0.403. The molecule has 0 saturated carbocycles. The second-order valence-electron chi connectivity index (χ2n) is 2.83. The van der Waals surface area contributed by atoms with Gasteiger partial charge in [-0.2, -0.15) is 5.26 Å².